The van der Waals surface area contributed by atoms with E-state index in [4.69, 9.17) is 14.2 Å². The molecule has 0 saturated heterocycles. The summed E-state index contributed by atoms with van der Waals surface area (Å²) in [7, 11) is 3.24. The lowest BCUT2D eigenvalue weighted by Gasteiger charge is -2.18. The molecule has 0 heterocycles. The van der Waals surface area contributed by atoms with E-state index in [1.54, 1.807) is 14.2 Å². The molecule has 4 nitrogen and oxygen atoms in total. The van der Waals surface area contributed by atoms with Gasteiger partial charge in [0.15, 0.2) is 17.3 Å². The van der Waals surface area contributed by atoms with E-state index < -0.39 is 0 Å². The summed E-state index contributed by atoms with van der Waals surface area (Å²) in [6, 6.07) is 9.45. The minimum Gasteiger partial charge on any atom is -0.497 e. The first kappa shape index (κ1) is 18.5. The molecule has 1 aliphatic rings. The number of fused-ring (bicyclic) bond motifs is 1. The zero-order valence-corrected chi connectivity index (χ0v) is 16.7. The van der Waals surface area contributed by atoms with Crippen molar-refractivity contribution in [2.75, 3.05) is 20.8 Å². The van der Waals surface area contributed by atoms with Crippen molar-refractivity contribution in [2.45, 2.75) is 19.8 Å². The van der Waals surface area contributed by atoms with Crippen molar-refractivity contribution in [3.05, 3.63) is 57.1 Å². The highest BCUT2D eigenvalue weighted by Gasteiger charge is 2.22. The lowest BCUT2D eigenvalue weighted by atomic mass is 9.86. The first-order valence-corrected chi connectivity index (χ1v) is 9.29. The van der Waals surface area contributed by atoms with Crippen LogP contribution in [0, 0.1) is 0 Å². The number of methoxy groups -OCH3 is 2. The zero-order valence-electron chi connectivity index (χ0n) is 15.1. The molecule has 0 aliphatic heterocycles. The summed E-state index contributed by atoms with van der Waals surface area (Å²) < 4.78 is 17.1. The third kappa shape index (κ3) is 3.63. The molecule has 0 amide bonds. The average Bonchev–Trinajstić information content (AvgIpc) is 2.65. The summed E-state index contributed by atoms with van der Waals surface area (Å²) in [6.07, 6.45) is 3.45. The van der Waals surface area contributed by atoms with Gasteiger partial charge in [-0.05, 0) is 83.2 Å². The predicted molar refractivity (Wildman–Crippen MR) is 105 cm³/mol. The number of carbonyl (C=O) groups is 1. The summed E-state index contributed by atoms with van der Waals surface area (Å²) in [4.78, 5) is 12.9. The van der Waals surface area contributed by atoms with Crippen molar-refractivity contribution in [3.8, 4) is 17.2 Å². The number of aryl methyl sites for hydroxylation is 1. The first-order chi connectivity index (χ1) is 12.6. The van der Waals surface area contributed by atoms with E-state index in [0.717, 1.165) is 38.9 Å². The monoisotopic (exact) mass is 416 g/mol. The summed E-state index contributed by atoms with van der Waals surface area (Å²) in [5.41, 5.74) is 3.48. The molecule has 0 unspecified atom stereocenters. The lowest BCUT2D eigenvalue weighted by Crippen LogP contribution is -2.14. The Labute approximate surface area is 161 Å². The lowest BCUT2D eigenvalue weighted by molar-refractivity contribution is 0.102. The second-order valence-corrected chi connectivity index (χ2v) is 6.84. The molecule has 5 heteroatoms. The molecule has 136 valence electrons. The van der Waals surface area contributed by atoms with Crippen molar-refractivity contribution >= 4 is 27.8 Å². The van der Waals surface area contributed by atoms with Crippen LogP contribution >= 0.6 is 15.9 Å². The van der Waals surface area contributed by atoms with Gasteiger partial charge in [-0.15, -0.1) is 0 Å². The Kier molecular flexibility index (Phi) is 5.67. The van der Waals surface area contributed by atoms with Gasteiger partial charge in [-0.1, -0.05) is 0 Å². The van der Waals surface area contributed by atoms with Crippen LogP contribution < -0.4 is 14.2 Å². The van der Waals surface area contributed by atoms with Gasteiger partial charge in [0, 0.05) is 11.1 Å². The smallest absolute Gasteiger partial charge is 0.189 e. The maximum atomic E-state index is 12.9. The quantitative estimate of drug-likeness (QED) is 0.637. The number of carbonyl (C=O) groups excluding carboxylic acids is 1. The fraction of sp³-hybridized carbons (Fsp3) is 0.286. The molecular formula is C21H21BrO4. The van der Waals surface area contributed by atoms with Gasteiger partial charge in [-0.2, -0.15) is 0 Å². The van der Waals surface area contributed by atoms with E-state index in [2.05, 4.69) is 15.9 Å². The largest absolute Gasteiger partial charge is 0.497 e. The standard InChI is InChI=1S/C21H21BrO4/c1-4-26-21-18(22)10-13(11-19(21)25-3)9-15-6-5-14-12-16(24-2)7-8-17(14)20(15)23/h7-12H,4-6H2,1-3H3/b15-9+. The molecule has 0 fully saturated rings. The van der Waals surface area contributed by atoms with E-state index in [9.17, 15) is 4.79 Å². The van der Waals surface area contributed by atoms with Gasteiger partial charge in [-0.25, -0.2) is 0 Å². The molecule has 0 atom stereocenters. The van der Waals surface area contributed by atoms with Crippen molar-refractivity contribution in [2.24, 2.45) is 0 Å². The van der Waals surface area contributed by atoms with Crippen LogP contribution in [0.15, 0.2) is 40.4 Å². The van der Waals surface area contributed by atoms with Gasteiger partial charge in [0.25, 0.3) is 0 Å². The predicted octanol–water partition coefficient (Wildman–Crippen LogP) is 5.08. The van der Waals surface area contributed by atoms with E-state index >= 15 is 0 Å². The van der Waals surface area contributed by atoms with Gasteiger partial charge in [0.05, 0.1) is 25.3 Å². The summed E-state index contributed by atoms with van der Waals surface area (Å²) >= 11 is 3.53. The minimum absolute atomic E-state index is 0.0675. The summed E-state index contributed by atoms with van der Waals surface area (Å²) in [6.45, 7) is 2.48. The molecule has 3 rings (SSSR count). The fourth-order valence-corrected chi connectivity index (χ4v) is 3.70. The van der Waals surface area contributed by atoms with Crippen LogP contribution in [0.25, 0.3) is 6.08 Å². The number of allylic oxidation sites excluding steroid dienone is 1. The molecule has 0 bridgehead atoms. The average molecular weight is 417 g/mol. The topological polar surface area (TPSA) is 44.8 Å². The van der Waals surface area contributed by atoms with E-state index in [1.165, 1.54) is 0 Å². The number of hydrogen-bond donors (Lipinski definition) is 0. The highest BCUT2D eigenvalue weighted by atomic mass is 79.9. The van der Waals surface area contributed by atoms with E-state index in [-0.39, 0.29) is 5.78 Å². The number of hydrogen-bond acceptors (Lipinski definition) is 4. The van der Waals surface area contributed by atoms with Crippen molar-refractivity contribution in [1.82, 2.24) is 0 Å². The van der Waals surface area contributed by atoms with Crippen LogP contribution in [0.1, 0.15) is 34.8 Å². The Hall–Kier alpha value is -2.27. The molecule has 2 aromatic rings. The molecule has 26 heavy (non-hydrogen) atoms. The molecule has 2 aromatic carbocycles. The van der Waals surface area contributed by atoms with Gasteiger partial charge in [-0.3, -0.25) is 4.79 Å². The van der Waals surface area contributed by atoms with Crippen molar-refractivity contribution in [3.63, 3.8) is 0 Å². The summed E-state index contributed by atoms with van der Waals surface area (Å²) in [5.74, 6) is 2.16. The Balaban J connectivity index is 1.95. The molecule has 0 radical (unpaired) electrons. The van der Waals surface area contributed by atoms with Gasteiger partial charge in [0.1, 0.15) is 5.75 Å². The van der Waals surface area contributed by atoms with Gasteiger partial charge >= 0.3 is 0 Å². The highest BCUT2D eigenvalue weighted by Crippen LogP contribution is 2.38. The van der Waals surface area contributed by atoms with Gasteiger partial charge in [0.2, 0.25) is 0 Å². The van der Waals surface area contributed by atoms with Crippen LogP contribution in [0.4, 0.5) is 0 Å². The second kappa shape index (κ2) is 7.96. The Bertz CT molecular complexity index is 871. The number of ketones is 1. The zero-order chi connectivity index (χ0) is 18.7. The SMILES string of the molecule is CCOc1c(Br)cc(/C=C2\CCc3cc(OC)ccc3C2=O)cc1OC. The van der Waals surface area contributed by atoms with E-state index in [1.807, 2.05) is 43.3 Å². The summed E-state index contributed by atoms with van der Waals surface area (Å²) in [5, 5.41) is 0. The Morgan fingerprint density at radius 1 is 1.12 bits per heavy atom. The van der Waals surface area contributed by atoms with Crippen molar-refractivity contribution < 1.29 is 19.0 Å². The van der Waals surface area contributed by atoms with Gasteiger partial charge < -0.3 is 14.2 Å². The van der Waals surface area contributed by atoms with Crippen LogP contribution in [0.2, 0.25) is 0 Å². The van der Waals surface area contributed by atoms with Crippen LogP contribution in [0.3, 0.4) is 0 Å². The molecular weight excluding hydrogens is 396 g/mol. The third-order valence-electron chi connectivity index (χ3n) is 4.39. The maximum absolute atomic E-state index is 12.9. The Morgan fingerprint density at radius 3 is 2.62 bits per heavy atom. The number of Topliss-reactive ketones (excluding diaryl/α,β-unsaturated/α-hetero) is 1. The van der Waals surface area contributed by atoms with E-state index in [0.29, 0.717) is 24.5 Å². The first-order valence-electron chi connectivity index (χ1n) is 8.49. The number of ether oxygens (including phenoxy) is 3. The molecule has 0 N–H and O–H groups in total. The molecule has 1 aliphatic carbocycles. The normalized spacial score (nSPS) is 14.9. The highest BCUT2D eigenvalue weighted by molar-refractivity contribution is 9.10. The number of halogens is 1. The molecule has 0 spiro atoms. The number of benzene rings is 2. The van der Waals surface area contributed by atoms with Crippen LogP contribution in [-0.2, 0) is 6.42 Å². The van der Waals surface area contributed by atoms with Crippen LogP contribution in [0.5, 0.6) is 17.2 Å². The molecule has 0 saturated carbocycles. The second-order valence-electron chi connectivity index (χ2n) is 5.99. The molecule has 0 aromatic heterocycles. The fourth-order valence-electron chi connectivity index (χ4n) is 3.13. The third-order valence-corrected chi connectivity index (χ3v) is 4.98. The van der Waals surface area contributed by atoms with Crippen molar-refractivity contribution in [1.29, 1.82) is 0 Å². The minimum atomic E-state index is 0.0675. The number of rotatable bonds is 5. The van der Waals surface area contributed by atoms with Crippen LogP contribution in [-0.4, -0.2) is 26.6 Å². The maximum Gasteiger partial charge on any atom is 0.189 e. The Morgan fingerprint density at radius 2 is 1.92 bits per heavy atom.